The number of ketones is 2. The van der Waals surface area contributed by atoms with E-state index in [4.69, 9.17) is 19.9 Å². The molecular formula is C36H42N2O15. The first-order valence-corrected chi connectivity index (χ1v) is 16.9. The van der Waals surface area contributed by atoms with Gasteiger partial charge in [0.1, 0.15) is 34.6 Å². The molecule has 1 aliphatic heterocycles. The number of phenolic OH excluding ortho intramolecular Hbond substituents is 4. The van der Waals surface area contributed by atoms with Crippen molar-refractivity contribution >= 4 is 51.3 Å². The van der Waals surface area contributed by atoms with Gasteiger partial charge in [-0.3, -0.25) is 24.0 Å². The molecule has 0 bridgehead atoms. The summed E-state index contributed by atoms with van der Waals surface area (Å²) in [5.41, 5.74) is 3.14. The molecule has 0 radical (unpaired) electrons. The molecule has 1 heterocycles. The summed E-state index contributed by atoms with van der Waals surface area (Å²) in [6.45, 7) is 3.02. The molecule has 286 valence electrons. The molecule has 8 atom stereocenters. The number of hydrogen-bond donors (Lipinski definition) is 9. The van der Waals surface area contributed by atoms with Gasteiger partial charge in [-0.2, -0.15) is 0 Å². The zero-order valence-electron chi connectivity index (χ0n) is 29.1. The summed E-state index contributed by atoms with van der Waals surface area (Å²) in [6, 6.07) is 2.16. The first-order valence-electron chi connectivity index (χ1n) is 16.9. The van der Waals surface area contributed by atoms with Crippen molar-refractivity contribution in [1.29, 1.82) is 0 Å². The van der Waals surface area contributed by atoms with Gasteiger partial charge in [-0.25, -0.2) is 0 Å². The van der Waals surface area contributed by atoms with E-state index in [0.29, 0.717) is 6.29 Å². The fourth-order valence-corrected chi connectivity index (χ4v) is 7.00. The molecule has 1 saturated heterocycles. The van der Waals surface area contributed by atoms with E-state index in [2.05, 4.69) is 5.32 Å². The Morgan fingerprint density at radius 3 is 2.36 bits per heavy atom. The molecule has 5 rings (SSSR count). The molecule has 1 aliphatic carbocycles. The molecule has 0 spiro atoms. The molecule has 1 unspecified atom stereocenters. The summed E-state index contributed by atoms with van der Waals surface area (Å²) >= 11 is 0. The molecule has 0 aromatic heterocycles. The van der Waals surface area contributed by atoms with Crippen LogP contribution >= 0.6 is 0 Å². The molecular weight excluding hydrogens is 700 g/mol. The Bertz CT molecular complexity index is 1970. The van der Waals surface area contributed by atoms with Gasteiger partial charge in [0.15, 0.2) is 25.0 Å². The van der Waals surface area contributed by atoms with Gasteiger partial charge in [-0.05, 0) is 20.8 Å². The molecule has 0 saturated carbocycles. The molecule has 2 aliphatic rings. The Kier molecular flexibility index (Phi) is 11.3. The van der Waals surface area contributed by atoms with Crippen LogP contribution in [0.4, 0.5) is 0 Å². The topological polar surface area (TPSA) is 293 Å². The maximum Gasteiger partial charge on any atom is 0.306 e. The van der Waals surface area contributed by atoms with Gasteiger partial charge in [0, 0.05) is 59.2 Å². The molecule has 1 fully saturated rings. The van der Waals surface area contributed by atoms with Gasteiger partial charge in [0.2, 0.25) is 11.7 Å². The third kappa shape index (κ3) is 7.49. The number of hydrogen-bond acceptors (Lipinski definition) is 16. The van der Waals surface area contributed by atoms with E-state index in [-0.39, 0.29) is 33.9 Å². The van der Waals surface area contributed by atoms with Crippen LogP contribution < -0.4 is 11.1 Å². The van der Waals surface area contributed by atoms with Crippen LogP contribution in [-0.4, -0.2) is 114 Å². The van der Waals surface area contributed by atoms with Crippen LogP contribution in [0, 0.1) is 0 Å². The molecule has 53 heavy (non-hydrogen) atoms. The number of ether oxygens (including phenoxy) is 3. The Morgan fingerprint density at radius 2 is 1.74 bits per heavy atom. The lowest BCUT2D eigenvalue weighted by molar-refractivity contribution is -0.247. The van der Waals surface area contributed by atoms with E-state index in [1.165, 1.54) is 39.0 Å². The number of aromatic hydroxyl groups is 4. The highest BCUT2D eigenvalue weighted by Gasteiger charge is 2.48. The van der Waals surface area contributed by atoms with Crippen molar-refractivity contribution in [3.8, 4) is 23.0 Å². The quantitative estimate of drug-likeness (QED) is 0.0529. The summed E-state index contributed by atoms with van der Waals surface area (Å²) in [6.07, 6.45) is -7.64. The number of amides is 1. The number of aliphatic hydroxyl groups is 3. The fraction of sp³-hybridized carbons (Fsp3) is 0.472. The van der Waals surface area contributed by atoms with Crippen molar-refractivity contribution in [3.63, 3.8) is 0 Å². The Balaban J connectivity index is 1.48. The molecule has 10 N–H and O–H groups in total. The smallest absolute Gasteiger partial charge is 0.306 e. The summed E-state index contributed by atoms with van der Waals surface area (Å²) < 4.78 is 16.9. The number of nitrogens with two attached hydrogens (primary N) is 1. The molecule has 1 amide bonds. The van der Waals surface area contributed by atoms with Crippen molar-refractivity contribution in [2.24, 2.45) is 5.73 Å². The Labute approximate surface area is 301 Å². The lowest BCUT2D eigenvalue weighted by Crippen LogP contribution is -2.53. The summed E-state index contributed by atoms with van der Waals surface area (Å²) in [5.74, 6) is -6.05. The normalized spacial score (nSPS) is 25.3. The fourth-order valence-electron chi connectivity index (χ4n) is 7.00. The van der Waals surface area contributed by atoms with Gasteiger partial charge < -0.3 is 61.0 Å². The summed E-state index contributed by atoms with van der Waals surface area (Å²) in [4.78, 5) is 61.9. The van der Waals surface area contributed by atoms with Crippen molar-refractivity contribution < 1.29 is 73.9 Å². The van der Waals surface area contributed by atoms with Crippen LogP contribution in [0.3, 0.4) is 0 Å². The van der Waals surface area contributed by atoms with Crippen LogP contribution in [0.15, 0.2) is 18.2 Å². The van der Waals surface area contributed by atoms with Crippen molar-refractivity contribution in [2.45, 2.75) is 101 Å². The Morgan fingerprint density at radius 1 is 1.06 bits per heavy atom. The van der Waals surface area contributed by atoms with Crippen LogP contribution in [0.25, 0.3) is 21.5 Å². The Hall–Kier alpha value is -4.91. The number of fused-ring (bicyclic) bond motifs is 3. The van der Waals surface area contributed by atoms with E-state index >= 15 is 0 Å². The van der Waals surface area contributed by atoms with E-state index in [1.807, 2.05) is 0 Å². The summed E-state index contributed by atoms with van der Waals surface area (Å²) in [5, 5.41) is 79.2. The van der Waals surface area contributed by atoms with Gasteiger partial charge in [-0.1, -0.05) is 18.2 Å². The van der Waals surface area contributed by atoms with Crippen molar-refractivity contribution in [2.75, 3.05) is 6.61 Å². The van der Waals surface area contributed by atoms with Gasteiger partial charge in [0.05, 0.1) is 41.6 Å². The number of nitrogens with one attached hydrogen (secondary N) is 1. The average molecular weight is 743 g/mol. The zero-order valence-corrected chi connectivity index (χ0v) is 29.1. The second-order valence-electron chi connectivity index (χ2n) is 13.6. The van der Waals surface area contributed by atoms with E-state index in [9.17, 15) is 59.7 Å². The highest BCUT2D eigenvalue weighted by molar-refractivity contribution is 6.18. The van der Waals surface area contributed by atoms with Crippen LogP contribution in [0.1, 0.15) is 74.0 Å². The second kappa shape index (κ2) is 15.2. The van der Waals surface area contributed by atoms with Gasteiger partial charge in [-0.15, -0.1) is 0 Å². The number of Topliss-reactive ketones (excluding diaryl/α,β-unsaturated/α-hetero) is 2. The third-order valence-electron chi connectivity index (χ3n) is 9.84. The second-order valence-corrected chi connectivity index (χ2v) is 13.6. The van der Waals surface area contributed by atoms with Crippen molar-refractivity contribution in [1.82, 2.24) is 5.32 Å². The minimum Gasteiger partial charge on any atom is -0.507 e. The standard InChI is InChI=1S/C36H42N2O15/c1-14(40)30(15(2)41)38-23(43)7-8-24(44)51-13-22(42)36(50)10-19-27(21(11-36)53-25-9-20(37)31(45)16(3)52-25)35(49)29-28(33(19)47)32(46)18-6-4-5-17(12-39)26(18)34(29)48/h4-6,12,14,16,20-21,25,30-31,40,45-50H,7-11,13,37H2,1-3H3,(H,38,43)/t14?,16-,20-,21-,25-,30+,31+,36-/m0/s1. The number of carbonyl (C=O) groups excluding carboxylic acids is 5. The number of carbonyl (C=O) groups is 5. The molecule has 17 nitrogen and oxygen atoms in total. The predicted octanol–water partition coefficient (Wildman–Crippen LogP) is 0.533. The average Bonchev–Trinajstić information content (AvgIpc) is 3.10. The number of phenols is 4. The lowest BCUT2D eigenvalue weighted by atomic mass is 9.74. The molecule has 17 heteroatoms. The largest absolute Gasteiger partial charge is 0.507 e. The van der Waals surface area contributed by atoms with E-state index in [1.54, 1.807) is 0 Å². The first kappa shape index (κ1) is 39.3. The third-order valence-corrected chi connectivity index (χ3v) is 9.84. The number of aldehydes is 1. The van der Waals surface area contributed by atoms with Gasteiger partial charge >= 0.3 is 5.97 Å². The number of esters is 1. The molecule has 3 aromatic rings. The zero-order chi connectivity index (χ0) is 39.1. The van der Waals surface area contributed by atoms with Crippen molar-refractivity contribution in [3.05, 3.63) is 34.9 Å². The minimum atomic E-state index is -2.44. The predicted molar refractivity (Wildman–Crippen MR) is 183 cm³/mol. The number of benzene rings is 3. The number of rotatable bonds is 12. The van der Waals surface area contributed by atoms with Gasteiger partial charge in [0.25, 0.3) is 0 Å². The summed E-state index contributed by atoms with van der Waals surface area (Å²) in [7, 11) is 0. The molecule has 3 aromatic carbocycles. The van der Waals surface area contributed by atoms with Crippen LogP contribution in [0.5, 0.6) is 23.0 Å². The van der Waals surface area contributed by atoms with E-state index < -0.39 is 138 Å². The lowest BCUT2D eigenvalue weighted by Gasteiger charge is -2.42. The van der Waals surface area contributed by atoms with Crippen LogP contribution in [-0.2, 0) is 39.8 Å². The maximum atomic E-state index is 13.6. The minimum absolute atomic E-state index is 0.0334. The van der Waals surface area contributed by atoms with Crippen LogP contribution in [0.2, 0.25) is 0 Å². The highest BCUT2D eigenvalue weighted by atomic mass is 16.7. The SMILES string of the molecule is CC(=O)[C@H](NC(=O)CCC(=O)OCC(=O)[C@]1(O)Cc2c(c(O)c3c(O)c4c(C=O)cccc4c(O)c3c2O)[C@@H](O[C@H]2C[C@H](N)[C@H](O)[C@H](C)O2)C1)C(C)O. The highest BCUT2D eigenvalue weighted by Crippen LogP contribution is 2.56. The first-order chi connectivity index (χ1) is 24.9. The number of aliphatic hydroxyl groups excluding tert-OH is 2. The monoisotopic (exact) mass is 742 g/mol. The maximum absolute atomic E-state index is 13.6. The van der Waals surface area contributed by atoms with E-state index in [0.717, 1.165) is 0 Å².